The summed E-state index contributed by atoms with van der Waals surface area (Å²) in [5.41, 5.74) is 8.95. The predicted molar refractivity (Wildman–Crippen MR) is 188 cm³/mol. The summed E-state index contributed by atoms with van der Waals surface area (Å²) in [6, 6.07) is 52.5. The molecule has 0 radical (unpaired) electrons. The quantitative estimate of drug-likeness (QED) is 0.210. The summed E-state index contributed by atoms with van der Waals surface area (Å²) in [4.78, 5) is 2.41. The molecule has 0 saturated carbocycles. The Hall–Kier alpha value is -5.34. The highest BCUT2D eigenvalue weighted by Crippen LogP contribution is 2.47. The van der Waals surface area contributed by atoms with Crippen LogP contribution in [-0.4, -0.2) is 0 Å². The first kappa shape index (κ1) is 26.3. The van der Waals surface area contributed by atoms with Crippen LogP contribution in [0.3, 0.4) is 0 Å². The molecule has 7 aromatic carbocycles. The van der Waals surface area contributed by atoms with Crippen molar-refractivity contribution in [2.45, 2.75) is 26.2 Å². The van der Waals surface area contributed by atoms with Crippen molar-refractivity contribution in [3.63, 3.8) is 0 Å². The molecule has 0 bridgehead atoms. The van der Waals surface area contributed by atoms with Gasteiger partial charge < -0.3 is 9.32 Å². The van der Waals surface area contributed by atoms with E-state index < -0.39 is 0 Å². The maximum atomic E-state index is 6.23. The van der Waals surface area contributed by atoms with E-state index in [0.29, 0.717) is 0 Å². The summed E-state index contributed by atoms with van der Waals surface area (Å²) in [6.07, 6.45) is 0. The summed E-state index contributed by atoms with van der Waals surface area (Å²) >= 11 is 0. The smallest absolute Gasteiger partial charge is 0.135 e. The summed E-state index contributed by atoms with van der Waals surface area (Å²) in [5.74, 6) is 0. The van der Waals surface area contributed by atoms with Gasteiger partial charge in [0.2, 0.25) is 0 Å². The molecule has 1 heterocycles. The zero-order valence-corrected chi connectivity index (χ0v) is 25.2. The molecule has 0 N–H and O–H groups in total. The number of anilines is 3. The lowest BCUT2D eigenvalue weighted by molar-refractivity contribution is 0.590. The van der Waals surface area contributed by atoms with Gasteiger partial charge >= 0.3 is 0 Å². The number of hydrogen-bond acceptors (Lipinski definition) is 2. The van der Waals surface area contributed by atoms with E-state index >= 15 is 0 Å². The van der Waals surface area contributed by atoms with E-state index in [1.165, 1.54) is 38.2 Å². The van der Waals surface area contributed by atoms with Crippen molar-refractivity contribution in [3.05, 3.63) is 151 Å². The van der Waals surface area contributed by atoms with Crippen LogP contribution in [0.4, 0.5) is 17.1 Å². The Morgan fingerprint density at radius 1 is 0.477 bits per heavy atom. The molecular weight excluding hydrogens is 534 g/mol. The second-order valence-corrected chi connectivity index (χ2v) is 12.6. The summed E-state index contributed by atoms with van der Waals surface area (Å²) in [7, 11) is 0. The third-order valence-corrected chi connectivity index (χ3v) is 8.82. The minimum absolute atomic E-state index is 0.0645. The predicted octanol–water partition coefficient (Wildman–Crippen LogP) is 12.3. The molecule has 0 fully saturated rings. The first-order valence-electron chi connectivity index (χ1n) is 15.3. The molecule has 0 aliphatic rings. The Bertz CT molecular complexity index is 2310. The number of nitrogens with zero attached hydrogens (tertiary/aromatic N) is 1. The number of para-hydroxylation sites is 1. The normalized spacial score (nSPS) is 12.0. The Morgan fingerprint density at radius 3 is 1.86 bits per heavy atom. The van der Waals surface area contributed by atoms with Crippen LogP contribution in [-0.2, 0) is 5.41 Å². The fourth-order valence-electron chi connectivity index (χ4n) is 6.56. The average Bonchev–Trinajstić information content (AvgIpc) is 3.42. The molecule has 0 aliphatic carbocycles. The van der Waals surface area contributed by atoms with E-state index in [-0.39, 0.29) is 5.41 Å². The highest BCUT2D eigenvalue weighted by atomic mass is 16.3. The van der Waals surface area contributed by atoms with Gasteiger partial charge in [0.05, 0.1) is 5.69 Å². The molecule has 2 nitrogen and oxygen atoms in total. The third-order valence-electron chi connectivity index (χ3n) is 8.82. The Balaban J connectivity index is 1.45. The van der Waals surface area contributed by atoms with E-state index in [9.17, 15) is 0 Å². The van der Waals surface area contributed by atoms with Crippen LogP contribution in [0, 0.1) is 0 Å². The molecule has 0 atom stereocenters. The molecule has 0 spiro atoms. The highest BCUT2D eigenvalue weighted by Gasteiger charge is 2.22. The van der Waals surface area contributed by atoms with Gasteiger partial charge in [-0.3, -0.25) is 0 Å². The van der Waals surface area contributed by atoms with Gasteiger partial charge in [0, 0.05) is 27.7 Å². The second kappa shape index (κ2) is 10.1. The molecule has 0 amide bonds. The van der Waals surface area contributed by atoms with E-state index in [1.54, 1.807) is 0 Å². The van der Waals surface area contributed by atoms with Gasteiger partial charge in [-0.1, -0.05) is 124 Å². The van der Waals surface area contributed by atoms with Crippen molar-refractivity contribution < 1.29 is 4.42 Å². The van der Waals surface area contributed by atoms with Crippen molar-refractivity contribution in [2.75, 3.05) is 4.90 Å². The van der Waals surface area contributed by atoms with Crippen LogP contribution in [0.15, 0.2) is 150 Å². The van der Waals surface area contributed by atoms with Crippen LogP contribution in [0.5, 0.6) is 0 Å². The van der Waals surface area contributed by atoms with Crippen molar-refractivity contribution >= 4 is 60.5 Å². The first-order chi connectivity index (χ1) is 21.5. The van der Waals surface area contributed by atoms with Gasteiger partial charge in [-0.25, -0.2) is 0 Å². The fraction of sp³-hybridized carbons (Fsp3) is 0.0952. The minimum Gasteiger partial charge on any atom is -0.456 e. The molecule has 8 rings (SSSR count). The minimum atomic E-state index is 0.0645. The van der Waals surface area contributed by atoms with Crippen LogP contribution in [0.2, 0.25) is 0 Å². The van der Waals surface area contributed by atoms with Crippen LogP contribution < -0.4 is 4.90 Å². The largest absolute Gasteiger partial charge is 0.456 e. The number of fused-ring (bicyclic) bond motifs is 5. The van der Waals surface area contributed by atoms with Crippen molar-refractivity contribution in [1.29, 1.82) is 0 Å². The summed E-state index contributed by atoms with van der Waals surface area (Å²) in [6.45, 7) is 6.79. The molecule has 2 heteroatoms. The topological polar surface area (TPSA) is 16.4 Å². The zero-order chi connectivity index (χ0) is 29.8. The van der Waals surface area contributed by atoms with Crippen molar-refractivity contribution in [3.8, 4) is 11.1 Å². The number of hydrogen-bond donors (Lipinski definition) is 0. The van der Waals surface area contributed by atoms with Crippen LogP contribution in [0.25, 0.3) is 54.6 Å². The lowest BCUT2D eigenvalue weighted by atomic mass is 9.87. The molecule has 1 aromatic heterocycles. The van der Waals surface area contributed by atoms with Gasteiger partial charge in [0.25, 0.3) is 0 Å². The molecule has 8 aromatic rings. The molecule has 0 aliphatic heterocycles. The number of furan rings is 1. The van der Waals surface area contributed by atoms with Gasteiger partial charge in [-0.15, -0.1) is 0 Å². The highest BCUT2D eigenvalue weighted by molar-refractivity contribution is 6.12. The molecule has 212 valence electrons. The first-order valence-corrected chi connectivity index (χ1v) is 15.3. The van der Waals surface area contributed by atoms with E-state index in [0.717, 1.165) is 39.0 Å². The third kappa shape index (κ3) is 4.34. The average molecular weight is 568 g/mol. The molecule has 44 heavy (non-hydrogen) atoms. The van der Waals surface area contributed by atoms with Gasteiger partial charge in [-0.05, 0) is 80.6 Å². The van der Waals surface area contributed by atoms with Gasteiger partial charge in [-0.2, -0.15) is 0 Å². The fourth-order valence-corrected chi connectivity index (χ4v) is 6.56. The number of rotatable bonds is 4. The standard InChI is InChI=1S/C42H33NO/c1-42(2,3)30-20-22-31(23-21-30)43(32-24-26-40-37(27-32)35-16-8-9-18-39(35)44-40)38-25-19-29-12-5-7-15-34(29)41(38)36-17-10-13-28-11-4-6-14-33(28)36/h4-27H,1-3H3. The van der Waals surface area contributed by atoms with Crippen LogP contribution in [0.1, 0.15) is 26.3 Å². The Labute approximate surface area is 257 Å². The van der Waals surface area contributed by atoms with Gasteiger partial charge in [0.1, 0.15) is 11.2 Å². The van der Waals surface area contributed by atoms with Gasteiger partial charge in [0.15, 0.2) is 0 Å². The van der Waals surface area contributed by atoms with E-state index in [4.69, 9.17) is 4.42 Å². The second-order valence-electron chi connectivity index (χ2n) is 12.6. The Kier molecular flexibility index (Phi) is 6.06. The van der Waals surface area contributed by atoms with Crippen molar-refractivity contribution in [1.82, 2.24) is 0 Å². The maximum Gasteiger partial charge on any atom is 0.135 e. The SMILES string of the molecule is CC(C)(C)c1ccc(N(c2ccc3oc4ccccc4c3c2)c2ccc3ccccc3c2-c2cccc3ccccc23)cc1. The van der Waals surface area contributed by atoms with Crippen molar-refractivity contribution in [2.24, 2.45) is 0 Å². The summed E-state index contributed by atoms with van der Waals surface area (Å²) < 4.78 is 6.23. The summed E-state index contributed by atoms with van der Waals surface area (Å²) in [5, 5.41) is 7.16. The maximum absolute atomic E-state index is 6.23. The van der Waals surface area contributed by atoms with Crippen LogP contribution >= 0.6 is 0 Å². The molecular formula is C42H33NO. The van der Waals surface area contributed by atoms with E-state index in [2.05, 4.69) is 159 Å². The van der Waals surface area contributed by atoms with E-state index in [1.807, 2.05) is 12.1 Å². The lowest BCUT2D eigenvalue weighted by Crippen LogP contribution is -2.14. The zero-order valence-electron chi connectivity index (χ0n) is 25.2. The Morgan fingerprint density at radius 2 is 1.09 bits per heavy atom. The molecule has 0 unspecified atom stereocenters. The number of benzene rings is 7. The molecule has 0 saturated heterocycles. The monoisotopic (exact) mass is 567 g/mol. The lowest BCUT2D eigenvalue weighted by Gasteiger charge is -2.30.